The Hall–Kier alpha value is -4.21. The van der Waals surface area contributed by atoms with Gasteiger partial charge in [0.1, 0.15) is 6.04 Å². The average molecular weight is 722 g/mol. The molecule has 0 radical (unpaired) electrons. The Labute approximate surface area is 299 Å². The SMILES string of the molecule is C[C@]12C=CC(=O)C=C1CC[C@H]1[C@@H]3C[C@H]4O[C@@H](c5ccn(Cc6ccc(CO)c(N)c6)c5)O[C@@]4(C(=O)COC(=O)[C@@H](N)CC(=O)O)[C@@]3(C)C[C@H](O)[C@@]12F. The summed E-state index contributed by atoms with van der Waals surface area (Å²) in [4.78, 5) is 50.6. The summed E-state index contributed by atoms with van der Waals surface area (Å²) >= 11 is 0. The number of anilines is 1. The first-order chi connectivity index (χ1) is 24.6. The average Bonchev–Trinajstić information content (AvgIpc) is 3.77. The number of carbonyl (C=O) groups excluding carboxylic acids is 3. The molecule has 0 unspecified atom stereocenters. The lowest BCUT2D eigenvalue weighted by Crippen LogP contribution is -2.69. The molecule has 1 saturated heterocycles. The Balaban J connectivity index is 1.21. The van der Waals surface area contributed by atoms with Crippen molar-refractivity contribution < 1.29 is 53.1 Å². The van der Waals surface area contributed by atoms with Crippen LogP contribution in [0.15, 0.2) is 60.5 Å². The number of esters is 1. The van der Waals surface area contributed by atoms with Gasteiger partial charge in [-0.15, -0.1) is 0 Å². The lowest BCUT2D eigenvalue weighted by atomic mass is 9.44. The number of aliphatic hydroxyl groups is 2. The van der Waals surface area contributed by atoms with Crippen LogP contribution in [0.3, 0.4) is 0 Å². The van der Waals surface area contributed by atoms with Gasteiger partial charge in [-0.25, -0.2) is 4.39 Å². The van der Waals surface area contributed by atoms with E-state index in [1.165, 1.54) is 12.2 Å². The third kappa shape index (κ3) is 5.29. The first kappa shape index (κ1) is 36.2. The van der Waals surface area contributed by atoms with E-state index in [9.17, 15) is 29.4 Å². The number of allylic oxidation sites excluding steroid dienone is 4. The number of rotatable bonds is 10. The summed E-state index contributed by atoms with van der Waals surface area (Å²) in [6.45, 7) is 2.96. The molecule has 0 spiro atoms. The zero-order valence-corrected chi connectivity index (χ0v) is 29.0. The van der Waals surface area contributed by atoms with Crippen molar-refractivity contribution in [2.75, 3.05) is 12.3 Å². The predicted octanol–water partition coefficient (Wildman–Crippen LogP) is 2.66. The smallest absolute Gasteiger partial charge is 0.323 e. The Morgan fingerprint density at radius 1 is 1.19 bits per heavy atom. The lowest BCUT2D eigenvalue weighted by molar-refractivity contribution is -0.231. The van der Waals surface area contributed by atoms with Gasteiger partial charge in [-0.2, -0.15) is 0 Å². The molecule has 10 atom stereocenters. The molecule has 7 N–H and O–H groups in total. The fraction of sp³-hybridized carbons (Fsp3) is 0.526. The molecule has 14 heteroatoms. The van der Waals surface area contributed by atoms with Crippen molar-refractivity contribution >= 4 is 29.2 Å². The molecule has 2 aromatic rings. The van der Waals surface area contributed by atoms with E-state index in [0.29, 0.717) is 41.8 Å². The second-order valence-electron chi connectivity index (χ2n) is 15.4. The number of carbonyl (C=O) groups is 4. The molecule has 3 saturated carbocycles. The van der Waals surface area contributed by atoms with Crippen LogP contribution in [-0.4, -0.2) is 79.5 Å². The molecule has 1 aromatic carbocycles. The number of carboxylic acids is 1. The fourth-order valence-electron chi connectivity index (χ4n) is 10.0. The maximum atomic E-state index is 17.8. The number of hydrogen-bond donors (Lipinski definition) is 5. The zero-order valence-electron chi connectivity index (χ0n) is 29.0. The van der Waals surface area contributed by atoms with Gasteiger partial charge in [0, 0.05) is 52.5 Å². The van der Waals surface area contributed by atoms with E-state index in [1.807, 2.05) is 16.8 Å². The number of ether oxygens (including phenoxy) is 3. The summed E-state index contributed by atoms with van der Waals surface area (Å²) in [6.07, 6.45) is 4.54. The number of aliphatic hydroxyl groups excluding tert-OH is 2. The molecule has 278 valence electrons. The van der Waals surface area contributed by atoms with Crippen molar-refractivity contribution in [3.05, 3.63) is 77.2 Å². The van der Waals surface area contributed by atoms with Crippen LogP contribution >= 0.6 is 0 Å². The second-order valence-corrected chi connectivity index (χ2v) is 15.4. The summed E-state index contributed by atoms with van der Waals surface area (Å²) in [7, 11) is 0. The van der Waals surface area contributed by atoms with Crippen LogP contribution in [0, 0.1) is 22.7 Å². The summed E-state index contributed by atoms with van der Waals surface area (Å²) in [5.74, 6) is -4.53. The maximum absolute atomic E-state index is 17.8. The van der Waals surface area contributed by atoms with Crippen LogP contribution in [-0.2, 0) is 46.5 Å². The van der Waals surface area contributed by atoms with Gasteiger partial charge in [-0.1, -0.05) is 30.7 Å². The molecule has 0 bridgehead atoms. The standard InChI is InChI=1S/C38H44FN3O10/c1-35-9-7-24(44)12-23(35)5-6-25-26-13-31-38(36(26,2)15-29(45)37(25,35)39,30(46)19-50-33(49)28(41)14-32(47)48)52-34(51-31)21-8-10-42(17-21)16-20-3-4-22(18-43)27(40)11-20/h3-4,7-12,17,25-26,28-29,31,34,43,45H,5-6,13-16,18-19,40-41H2,1-2H3,(H,47,48)/t25-,26-,28-,29-,31+,34+,35-,36-,37-,38+/m0/s1. The van der Waals surface area contributed by atoms with Gasteiger partial charge in [0.2, 0.25) is 5.78 Å². The van der Waals surface area contributed by atoms with E-state index in [0.717, 1.165) is 5.56 Å². The molecule has 2 heterocycles. The van der Waals surface area contributed by atoms with Crippen LogP contribution in [0.1, 0.15) is 68.9 Å². The van der Waals surface area contributed by atoms with E-state index >= 15 is 4.39 Å². The van der Waals surface area contributed by atoms with E-state index in [-0.39, 0.29) is 25.2 Å². The molecule has 1 aromatic heterocycles. The molecule has 4 aliphatic carbocycles. The highest BCUT2D eigenvalue weighted by molar-refractivity contribution is 6.01. The van der Waals surface area contributed by atoms with E-state index in [4.69, 9.17) is 30.8 Å². The highest BCUT2D eigenvalue weighted by Gasteiger charge is 2.79. The Morgan fingerprint density at radius 3 is 2.67 bits per heavy atom. The fourth-order valence-corrected chi connectivity index (χ4v) is 10.0. The van der Waals surface area contributed by atoms with Gasteiger partial charge < -0.3 is 45.6 Å². The largest absolute Gasteiger partial charge is 0.481 e. The van der Waals surface area contributed by atoms with E-state index in [2.05, 4.69) is 0 Å². The molecule has 5 aliphatic rings. The number of halogens is 1. The number of benzene rings is 1. The number of nitrogens with two attached hydrogens (primary N) is 2. The van der Waals surface area contributed by atoms with Crippen LogP contribution < -0.4 is 11.5 Å². The number of alkyl halides is 1. The van der Waals surface area contributed by atoms with Crippen LogP contribution in [0.25, 0.3) is 0 Å². The van der Waals surface area contributed by atoms with Gasteiger partial charge in [-0.05, 0) is 68.4 Å². The first-order valence-corrected chi connectivity index (χ1v) is 17.5. The van der Waals surface area contributed by atoms with Gasteiger partial charge >= 0.3 is 11.9 Å². The Bertz CT molecular complexity index is 1890. The normalized spacial score (nSPS) is 36.6. The zero-order chi connectivity index (χ0) is 37.4. The Morgan fingerprint density at radius 2 is 1.96 bits per heavy atom. The number of aliphatic carboxylic acids is 1. The van der Waals surface area contributed by atoms with E-state index < -0.39 is 89.2 Å². The minimum atomic E-state index is -2.16. The first-order valence-electron chi connectivity index (χ1n) is 17.5. The predicted molar refractivity (Wildman–Crippen MR) is 182 cm³/mol. The molecule has 4 fully saturated rings. The number of aromatic nitrogens is 1. The number of fused-ring (bicyclic) bond motifs is 7. The molecular formula is C38H44FN3O10. The summed E-state index contributed by atoms with van der Waals surface area (Å²) < 4.78 is 38.2. The number of Topliss-reactive ketones (excluding diaryl/α,β-unsaturated/α-hetero) is 1. The van der Waals surface area contributed by atoms with E-state index in [1.54, 1.807) is 44.3 Å². The van der Waals surface area contributed by atoms with Gasteiger partial charge in [-0.3, -0.25) is 19.2 Å². The molecule has 1 aliphatic heterocycles. The Kier molecular flexibility index (Phi) is 8.85. The monoisotopic (exact) mass is 721 g/mol. The van der Waals surface area contributed by atoms with Gasteiger partial charge in [0.05, 0.1) is 25.2 Å². The topological polar surface area (TPSA) is 214 Å². The van der Waals surface area contributed by atoms with Crippen molar-refractivity contribution in [3.8, 4) is 0 Å². The molecule has 0 amide bonds. The molecule has 7 rings (SSSR count). The minimum Gasteiger partial charge on any atom is -0.481 e. The number of nitrogen functional groups attached to an aromatic ring is 1. The number of carboxylic acid groups (broad SMARTS) is 1. The molecule has 13 nitrogen and oxygen atoms in total. The van der Waals surface area contributed by atoms with Crippen molar-refractivity contribution in [3.63, 3.8) is 0 Å². The maximum Gasteiger partial charge on any atom is 0.323 e. The summed E-state index contributed by atoms with van der Waals surface area (Å²) in [5, 5.41) is 30.5. The second kappa shape index (κ2) is 12.7. The summed E-state index contributed by atoms with van der Waals surface area (Å²) in [6, 6.07) is 5.68. The summed E-state index contributed by atoms with van der Waals surface area (Å²) in [5.41, 5.74) is 8.58. The van der Waals surface area contributed by atoms with Crippen molar-refractivity contribution in [2.45, 2.75) is 94.9 Å². The quantitative estimate of drug-likeness (QED) is 0.177. The van der Waals surface area contributed by atoms with Crippen molar-refractivity contribution in [1.29, 1.82) is 0 Å². The molecule has 52 heavy (non-hydrogen) atoms. The van der Waals surface area contributed by atoms with Crippen LogP contribution in [0.4, 0.5) is 10.1 Å². The van der Waals surface area contributed by atoms with Gasteiger partial charge in [0.15, 0.2) is 29.9 Å². The minimum absolute atomic E-state index is 0.175. The lowest BCUT2D eigenvalue weighted by Gasteiger charge is -2.62. The van der Waals surface area contributed by atoms with Crippen molar-refractivity contribution in [2.24, 2.45) is 28.4 Å². The highest BCUT2D eigenvalue weighted by Crippen LogP contribution is 2.72. The number of ketones is 2. The third-order valence-electron chi connectivity index (χ3n) is 12.6. The van der Waals surface area contributed by atoms with Crippen LogP contribution in [0.5, 0.6) is 0 Å². The van der Waals surface area contributed by atoms with Crippen molar-refractivity contribution in [1.82, 2.24) is 4.57 Å². The molecular weight excluding hydrogens is 677 g/mol. The van der Waals surface area contributed by atoms with Crippen LogP contribution in [0.2, 0.25) is 0 Å². The highest BCUT2D eigenvalue weighted by atomic mass is 19.1. The van der Waals surface area contributed by atoms with Gasteiger partial charge in [0.25, 0.3) is 0 Å². The third-order valence-corrected chi connectivity index (χ3v) is 12.6. The number of hydrogen-bond acceptors (Lipinski definition) is 11. The number of nitrogens with zero attached hydrogens (tertiary/aromatic N) is 1.